The minimum absolute atomic E-state index is 0. The van der Waals surface area contributed by atoms with Crippen molar-refractivity contribution >= 4 is 28.1 Å². The lowest BCUT2D eigenvalue weighted by Gasteiger charge is -2.28. The summed E-state index contributed by atoms with van der Waals surface area (Å²) in [4.78, 5) is 6.98. The Morgan fingerprint density at radius 3 is 2.61 bits per heavy atom. The van der Waals surface area contributed by atoms with Crippen molar-refractivity contribution < 1.29 is 21.6 Å². The highest BCUT2D eigenvalue weighted by Gasteiger charge is 2.45. The first-order valence-electron chi connectivity index (χ1n) is 8.99. The Kier molecular flexibility index (Phi) is 7.35. The van der Waals surface area contributed by atoms with E-state index in [0.717, 1.165) is 43.8 Å². The van der Waals surface area contributed by atoms with Crippen molar-refractivity contribution in [2.75, 3.05) is 13.1 Å². The summed E-state index contributed by atoms with van der Waals surface area (Å²) in [6.45, 7) is 4.27. The van der Waals surface area contributed by atoms with E-state index in [9.17, 15) is 21.6 Å². The molecule has 0 unspecified atom stereocenters. The standard InChI is InChI=1S/C17H23F3N4O2S.ClH/c1-2-14-15-12-23(11-13-7-6-8-16(22-14)24(13)15)10-5-3-4-9-21-27(25,26)17(18,19)20;/h6-8,21H,2-5,9-12H2,1H3;1H. The van der Waals surface area contributed by atoms with E-state index < -0.39 is 15.5 Å². The highest BCUT2D eigenvalue weighted by atomic mass is 35.5. The van der Waals surface area contributed by atoms with Gasteiger partial charge in [-0.15, -0.1) is 12.4 Å². The molecule has 3 rings (SSSR count). The molecule has 0 aromatic carbocycles. The number of aryl methyl sites for hydroxylation is 1. The molecule has 11 heteroatoms. The van der Waals surface area contributed by atoms with Gasteiger partial charge in [-0.1, -0.05) is 19.4 Å². The summed E-state index contributed by atoms with van der Waals surface area (Å²) in [5.41, 5.74) is -0.808. The number of hydrogen-bond acceptors (Lipinski definition) is 4. The van der Waals surface area contributed by atoms with E-state index in [2.05, 4.69) is 27.3 Å². The van der Waals surface area contributed by atoms with Crippen molar-refractivity contribution in [2.24, 2.45) is 0 Å². The van der Waals surface area contributed by atoms with Gasteiger partial charge >= 0.3 is 15.5 Å². The van der Waals surface area contributed by atoms with E-state index in [0.29, 0.717) is 12.8 Å². The second-order valence-corrected chi connectivity index (χ2v) is 8.44. The van der Waals surface area contributed by atoms with Gasteiger partial charge in [0.2, 0.25) is 0 Å². The molecule has 0 bridgehead atoms. The van der Waals surface area contributed by atoms with E-state index in [4.69, 9.17) is 0 Å². The zero-order chi connectivity index (χ0) is 19.7. The predicted octanol–water partition coefficient (Wildman–Crippen LogP) is 3.24. The number of rotatable bonds is 8. The number of halogens is 4. The SMILES string of the molecule is CCc1nc2cccc3n2c1CN(CCCCCNS(=O)(=O)C(F)(F)F)C3.Cl. The molecule has 28 heavy (non-hydrogen) atoms. The van der Waals surface area contributed by atoms with Crippen LogP contribution in [0.1, 0.15) is 43.3 Å². The van der Waals surface area contributed by atoms with Gasteiger partial charge < -0.3 is 0 Å². The minimum atomic E-state index is -5.25. The second kappa shape index (κ2) is 8.98. The number of imidazole rings is 1. The summed E-state index contributed by atoms with van der Waals surface area (Å²) < 4.78 is 62.4. The lowest BCUT2D eigenvalue weighted by Crippen LogP contribution is -2.37. The first-order chi connectivity index (χ1) is 12.7. The van der Waals surface area contributed by atoms with Gasteiger partial charge in [0.1, 0.15) is 5.65 Å². The van der Waals surface area contributed by atoms with E-state index in [1.807, 2.05) is 12.1 Å². The monoisotopic (exact) mass is 440 g/mol. The van der Waals surface area contributed by atoms with Crippen LogP contribution in [0, 0.1) is 0 Å². The Bertz CT molecular complexity index is 915. The first-order valence-corrected chi connectivity index (χ1v) is 10.5. The lowest BCUT2D eigenvalue weighted by atomic mass is 10.1. The third-order valence-electron chi connectivity index (χ3n) is 4.74. The molecule has 0 atom stereocenters. The van der Waals surface area contributed by atoms with Gasteiger partial charge in [0, 0.05) is 25.3 Å². The molecule has 158 valence electrons. The maximum atomic E-state index is 12.2. The van der Waals surface area contributed by atoms with E-state index in [-0.39, 0.29) is 19.0 Å². The molecular weight excluding hydrogens is 417 g/mol. The van der Waals surface area contributed by atoms with E-state index in [1.54, 1.807) is 4.72 Å². The highest BCUT2D eigenvalue weighted by Crippen LogP contribution is 2.24. The van der Waals surface area contributed by atoms with Crippen LogP contribution in [0.15, 0.2) is 18.2 Å². The summed E-state index contributed by atoms with van der Waals surface area (Å²) in [6.07, 6.45) is 2.68. The molecule has 0 radical (unpaired) electrons. The van der Waals surface area contributed by atoms with Gasteiger partial charge in [0.25, 0.3) is 0 Å². The van der Waals surface area contributed by atoms with Crippen molar-refractivity contribution in [3.05, 3.63) is 35.3 Å². The quantitative estimate of drug-likeness (QED) is 0.640. The number of nitrogens with zero attached hydrogens (tertiary/aromatic N) is 3. The Morgan fingerprint density at radius 1 is 1.18 bits per heavy atom. The number of unbranched alkanes of at least 4 members (excludes halogenated alkanes) is 2. The fraction of sp³-hybridized carbons (Fsp3) is 0.588. The molecule has 2 aromatic rings. The Hall–Kier alpha value is -1.36. The van der Waals surface area contributed by atoms with Crippen LogP contribution in [-0.2, 0) is 29.5 Å². The maximum absolute atomic E-state index is 12.2. The van der Waals surface area contributed by atoms with Gasteiger partial charge in [-0.2, -0.15) is 13.2 Å². The topological polar surface area (TPSA) is 66.7 Å². The van der Waals surface area contributed by atoms with Crippen molar-refractivity contribution in [1.29, 1.82) is 0 Å². The molecule has 1 N–H and O–H groups in total. The summed E-state index contributed by atoms with van der Waals surface area (Å²) in [5.74, 6) is 0. The van der Waals surface area contributed by atoms with Crippen molar-refractivity contribution in [3.8, 4) is 0 Å². The third-order valence-corrected chi connectivity index (χ3v) is 5.94. The molecule has 3 heterocycles. The van der Waals surface area contributed by atoms with Crippen LogP contribution < -0.4 is 4.72 Å². The Labute approximate surface area is 168 Å². The number of alkyl halides is 3. The average Bonchev–Trinajstić information content (AvgIpc) is 2.96. The first kappa shape index (κ1) is 22.9. The fourth-order valence-corrected chi connectivity index (χ4v) is 4.00. The summed E-state index contributed by atoms with van der Waals surface area (Å²) in [6, 6.07) is 6.08. The molecule has 0 aliphatic carbocycles. The number of pyridine rings is 1. The number of nitrogens with one attached hydrogen (secondary N) is 1. The smallest absolute Gasteiger partial charge is 0.298 e. The van der Waals surface area contributed by atoms with Crippen LogP contribution in [0.5, 0.6) is 0 Å². The number of sulfonamides is 1. The van der Waals surface area contributed by atoms with Crippen LogP contribution in [0.2, 0.25) is 0 Å². The molecule has 6 nitrogen and oxygen atoms in total. The van der Waals surface area contributed by atoms with Gasteiger partial charge in [-0.25, -0.2) is 18.1 Å². The third kappa shape index (κ3) is 4.79. The summed E-state index contributed by atoms with van der Waals surface area (Å²) >= 11 is 0. The summed E-state index contributed by atoms with van der Waals surface area (Å²) in [5, 5.41) is 0. The van der Waals surface area contributed by atoms with E-state index in [1.165, 1.54) is 11.4 Å². The van der Waals surface area contributed by atoms with Gasteiger partial charge in [-0.3, -0.25) is 9.30 Å². The average molecular weight is 441 g/mol. The van der Waals surface area contributed by atoms with Gasteiger partial charge in [-0.05, 0) is 37.9 Å². The number of hydrogen-bond donors (Lipinski definition) is 1. The molecule has 2 aromatic heterocycles. The molecule has 1 aliphatic heterocycles. The van der Waals surface area contributed by atoms with Gasteiger partial charge in [0.05, 0.1) is 11.4 Å². The van der Waals surface area contributed by atoms with Crippen molar-refractivity contribution in [1.82, 2.24) is 19.0 Å². The molecule has 0 amide bonds. The van der Waals surface area contributed by atoms with Crippen molar-refractivity contribution in [3.63, 3.8) is 0 Å². The van der Waals surface area contributed by atoms with Crippen LogP contribution in [-0.4, -0.2) is 41.3 Å². The van der Waals surface area contributed by atoms with Crippen LogP contribution in [0.3, 0.4) is 0 Å². The zero-order valence-corrected chi connectivity index (χ0v) is 17.1. The van der Waals surface area contributed by atoms with E-state index >= 15 is 0 Å². The lowest BCUT2D eigenvalue weighted by molar-refractivity contribution is -0.0447. The Morgan fingerprint density at radius 2 is 1.93 bits per heavy atom. The highest BCUT2D eigenvalue weighted by molar-refractivity contribution is 7.90. The second-order valence-electron chi connectivity index (χ2n) is 6.68. The molecule has 0 fully saturated rings. The molecule has 1 aliphatic rings. The van der Waals surface area contributed by atoms with Crippen LogP contribution in [0.25, 0.3) is 5.65 Å². The van der Waals surface area contributed by atoms with Gasteiger partial charge in [0.15, 0.2) is 0 Å². The minimum Gasteiger partial charge on any atom is -0.298 e. The maximum Gasteiger partial charge on any atom is 0.511 e. The predicted molar refractivity (Wildman–Crippen MR) is 103 cm³/mol. The molecular formula is C17H24ClF3N4O2S. The Balaban J connectivity index is 0.00000280. The van der Waals surface area contributed by atoms with Crippen LogP contribution >= 0.6 is 12.4 Å². The number of aromatic nitrogens is 2. The fourth-order valence-electron chi connectivity index (χ4n) is 3.42. The molecule has 0 saturated heterocycles. The normalized spacial score (nSPS) is 15.0. The molecule has 0 saturated carbocycles. The van der Waals surface area contributed by atoms with Crippen molar-refractivity contribution in [2.45, 2.75) is 51.2 Å². The zero-order valence-electron chi connectivity index (χ0n) is 15.5. The molecule has 0 spiro atoms. The largest absolute Gasteiger partial charge is 0.511 e. The summed E-state index contributed by atoms with van der Waals surface area (Å²) in [7, 11) is -5.23. The van der Waals surface area contributed by atoms with Crippen LogP contribution in [0.4, 0.5) is 13.2 Å².